The Morgan fingerprint density at radius 2 is 2.16 bits per heavy atom. The lowest BCUT2D eigenvalue weighted by Crippen LogP contribution is -2.52. The molecule has 1 aliphatic carbocycles. The Kier molecular flexibility index (Phi) is 3.70. The van der Waals surface area contributed by atoms with E-state index in [0.717, 1.165) is 23.4 Å². The Labute approximate surface area is 122 Å². The van der Waals surface area contributed by atoms with E-state index in [4.69, 9.17) is 0 Å². The fourth-order valence-electron chi connectivity index (χ4n) is 3.81. The number of aromatic amines is 1. The smallest absolute Gasteiger partial charge is 0.270 e. The van der Waals surface area contributed by atoms with Crippen molar-refractivity contribution in [3.05, 3.63) is 22.4 Å². The normalized spacial score (nSPS) is 31.1. The fraction of sp³-hybridized carbons (Fsp3) is 0.667. The minimum absolute atomic E-state index is 0.175. The van der Waals surface area contributed by atoms with Crippen LogP contribution in [0.2, 0.25) is 0 Å². The SMILES string of the molecule is CC1CCN(C(=O)c2cc(Br)c[nH]2)C2CCCCC12. The van der Waals surface area contributed by atoms with Crippen molar-refractivity contribution >= 4 is 21.8 Å². The topological polar surface area (TPSA) is 36.1 Å². The molecule has 1 aromatic rings. The van der Waals surface area contributed by atoms with Gasteiger partial charge in [-0.15, -0.1) is 0 Å². The Bertz CT molecular complexity index is 470. The molecule has 1 saturated heterocycles. The van der Waals surface area contributed by atoms with Gasteiger partial charge in [-0.1, -0.05) is 19.8 Å². The van der Waals surface area contributed by atoms with Gasteiger partial charge in [0.05, 0.1) is 0 Å². The van der Waals surface area contributed by atoms with Crippen LogP contribution in [0.15, 0.2) is 16.7 Å². The van der Waals surface area contributed by atoms with E-state index in [9.17, 15) is 4.79 Å². The molecule has 0 spiro atoms. The molecule has 0 aromatic carbocycles. The van der Waals surface area contributed by atoms with E-state index in [1.165, 1.54) is 25.7 Å². The zero-order valence-electron chi connectivity index (χ0n) is 11.4. The summed E-state index contributed by atoms with van der Waals surface area (Å²) in [6.45, 7) is 3.27. The number of carbonyl (C=O) groups excluding carboxylic acids is 1. The number of hydrogen-bond acceptors (Lipinski definition) is 1. The number of hydrogen-bond donors (Lipinski definition) is 1. The predicted octanol–water partition coefficient (Wildman–Crippen LogP) is 3.82. The maximum absolute atomic E-state index is 12.6. The maximum atomic E-state index is 12.6. The molecule has 1 N–H and O–H groups in total. The lowest BCUT2D eigenvalue weighted by molar-refractivity contribution is 0.0213. The standard InChI is InChI=1S/C15H21BrN2O/c1-10-6-7-18(14-5-3-2-4-12(10)14)15(19)13-8-11(16)9-17-13/h8-10,12,14,17H,2-7H2,1H3. The average molecular weight is 325 g/mol. The van der Waals surface area contributed by atoms with Gasteiger partial charge in [0.15, 0.2) is 0 Å². The molecule has 104 valence electrons. The number of halogens is 1. The van der Waals surface area contributed by atoms with Gasteiger partial charge in [-0.2, -0.15) is 0 Å². The van der Waals surface area contributed by atoms with Gasteiger partial charge in [0, 0.05) is 23.3 Å². The lowest BCUT2D eigenvalue weighted by atomic mass is 9.72. The number of amides is 1. The minimum atomic E-state index is 0.175. The van der Waals surface area contributed by atoms with Gasteiger partial charge in [-0.3, -0.25) is 4.79 Å². The highest BCUT2D eigenvalue weighted by atomic mass is 79.9. The number of H-pyrrole nitrogens is 1. The number of aromatic nitrogens is 1. The molecule has 3 rings (SSSR count). The van der Waals surface area contributed by atoms with Crippen LogP contribution in [0.4, 0.5) is 0 Å². The van der Waals surface area contributed by atoms with Gasteiger partial charge in [0.1, 0.15) is 5.69 Å². The molecule has 1 aromatic heterocycles. The zero-order chi connectivity index (χ0) is 13.4. The summed E-state index contributed by atoms with van der Waals surface area (Å²) in [6, 6.07) is 2.35. The van der Waals surface area contributed by atoms with Crippen LogP contribution in [0, 0.1) is 11.8 Å². The van der Waals surface area contributed by atoms with Crippen molar-refractivity contribution in [3.8, 4) is 0 Å². The summed E-state index contributed by atoms with van der Waals surface area (Å²) in [5.41, 5.74) is 0.714. The third-order valence-corrected chi connectivity index (χ3v) is 5.34. The first kappa shape index (κ1) is 13.2. The molecule has 3 atom stereocenters. The van der Waals surface area contributed by atoms with Crippen LogP contribution in [-0.2, 0) is 0 Å². The Morgan fingerprint density at radius 1 is 1.37 bits per heavy atom. The Balaban J connectivity index is 1.81. The number of piperidine rings is 1. The molecule has 2 heterocycles. The van der Waals surface area contributed by atoms with Crippen LogP contribution in [0.3, 0.4) is 0 Å². The number of carbonyl (C=O) groups is 1. The zero-order valence-corrected chi connectivity index (χ0v) is 12.9. The quantitative estimate of drug-likeness (QED) is 0.837. The van der Waals surface area contributed by atoms with Gasteiger partial charge in [-0.25, -0.2) is 0 Å². The summed E-state index contributed by atoms with van der Waals surface area (Å²) < 4.78 is 0.946. The molecule has 1 saturated carbocycles. The highest BCUT2D eigenvalue weighted by molar-refractivity contribution is 9.10. The molecule has 2 fully saturated rings. The summed E-state index contributed by atoms with van der Waals surface area (Å²) in [5, 5.41) is 0. The highest BCUT2D eigenvalue weighted by Gasteiger charge is 2.39. The van der Waals surface area contributed by atoms with Crippen LogP contribution in [0.5, 0.6) is 0 Å². The van der Waals surface area contributed by atoms with E-state index in [-0.39, 0.29) is 5.91 Å². The van der Waals surface area contributed by atoms with E-state index in [1.807, 2.05) is 12.3 Å². The van der Waals surface area contributed by atoms with E-state index in [0.29, 0.717) is 17.7 Å². The van der Waals surface area contributed by atoms with Crippen molar-refractivity contribution in [2.75, 3.05) is 6.54 Å². The number of rotatable bonds is 1. The van der Waals surface area contributed by atoms with Crippen LogP contribution in [0.1, 0.15) is 49.5 Å². The van der Waals surface area contributed by atoms with Crippen LogP contribution in [0.25, 0.3) is 0 Å². The molecule has 0 bridgehead atoms. The first-order valence-electron chi connectivity index (χ1n) is 7.31. The molecule has 1 amide bonds. The molecule has 1 aliphatic heterocycles. The summed E-state index contributed by atoms with van der Waals surface area (Å²) in [4.78, 5) is 17.8. The molecule has 4 heteroatoms. The number of nitrogens with one attached hydrogen (secondary N) is 1. The molecule has 3 nitrogen and oxygen atoms in total. The van der Waals surface area contributed by atoms with Crippen molar-refractivity contribution in [2.24, 2.45) is 11.8 Å². The van der Waals surface area contributed by atoms with Crippen molar-refractivity contribution in [3.63, 3.8) is 0 Å². The number of likely N-dealkylation sites (tertiary alicyclic amines) is 1. The Hall–Kier alpha value is -0.770. The second-order valence-corrected chi connectivity index (χ2v) is 6.93. The van der Waals surface area contributed by atoms with E-state index in [2.05, 4.69) is 32.7 Å². The minimum Gasteiger partial charge on any atom is -0.356 e. The maximum Gasteiger partial charge on any atom is 0.270 e. The number of nitrogens with zero attached hydrogens (tertiary/aromatic N) is 1. The second-order valence-electron chi connectivity index (χ2n) is 6.01. The molecular formula is C15H21BrN2O. The van der Waals surface area contributed by atoms with Crippen molar-refractivity contribution in [1.82, 2.24) is 9.88 Å². The molecular weight excluding hydrogens is 304 g/mol. The molecule has 19 heavy (non-hydrogen) atoms. The predicted molar refractivity (Wildman–Crippen MR) is 79.1 cm³/mol. The van der Waals surface area contributed by atoms with Crippen molar-refractivity contribution < 1.29 is 4.79 Å². The van der Waals surface area contributed by atoms with Gasteiger partial charge >= 0.3 is 0 Å². The van der Waals surface area contributed by atoms with Crippen LogP contribution in [-0.4, -0.2) is 28.4 Å². The molecule has 3 unspecified atom stereocenters. The lowest BCUT2D eigenvalue weighted by Gasteiger charge is -2.47. The molecule has 2 aliphatic rings. The van der Waals surface area contributed by atoms with E-state index in [1.54, 1.807) is 0 Å². The van der Waals surface area contributed by atoms with Crippen molar-refractivity contribution in [1.29, 1.82) is 0 Å². The highest BCUT2D eigenvalue weighted by Crippen LogP contribution is 2.39. The van der Waals surface area contributed by atoms with Gasteiger partial charge in [0.2, 0.25) is 0 Å². The van der Waals surface area contributed by atoms with E-state index >= 15 is 0 Å². The summed E-state index contributed by atoms with van der Waals surface area (Å²) >= 11 is 3.40. The van der Waals surface area contributed by atoms with Gasteiger partial charge in [0.25, 0.3) is 5.91 Å². The average Bonchev–Trinajstić information content (AvgIpc) is 2.86. The Morgan fingerprint density at radius 3 is 2.89 bits per heavy atom. The molecule has 0 radical (unpaired) electrons. The fourth-order valence-corrected chi connectivity index (χ4v) is 4.15. The first-order valence-corrected chi connectivity index (χ1v) is 8.11. The van der Waals surface area contributed by atoms with Gasteiger partial charge < -0.3 is 9.88 Å². The number of fused-ring (bicyclic) bond motifs is 1. The van der Waals surface area contributed by atoms with Gasteiger partial charge in [-0.05, 0) is 53.1 Å². The third kappa shape index (κ3) is 2.47. The largest absolute Gasteiger partial charge is 0.356 e. The summed E-state index contributed by atoms with van der Waals surface area (Å²) in [5.74, 6) is 1.66. The third-order valence-electron chi connectivity index (χ3n) is 4.88. The summed E-state index contributed by atoms with van der Waals surface area (Å²) in [7, 11) is 0. The monoisotopic (exact) mass is 324 g/mol. The van der Waals surface area contributed by atoms with Crippen LogP contribution < -0.4 is 0 Å². The summed E-state index contributed by atoms with van der Waals surface area (Å²) in [6.07, 6.45) is 8.06. The first-order chi connectivity index (χ1) is 9.16. The second kappa shape index (κ2) is 5.31. The van der Waals surface area contributed by atoms with E-state index < -0.39 is 0 Å². The van der Waals surface area contributed by atoms with Crippen LogP contribution >= 0.6 is 15.9 Å². The van der Waals surface area contributed by atoms with Crippen molar-refractivity contribution in [2.45, 2.75) is 45.1 Å².